The van der Waals surface area contributed by atoms with E-state index in [4.69, 9.17) is 9.47 Å². The molecule has 0 bridgehead atoms. The van der Waals surface area contributed by atoms with Crippen molar-refractivity contribution in [3.05, 3.63) is 60.6 Å². The number of methoxy groups -OCH3 is 1. The smallest absolute Gasteiger partial charge is 0.269 e. The Kier molecular flexibility index (Phi) is 6.97. The Morgan fingerprint density at radius 1 is 1.03 bits per heavy atom. The molecule has 9 heteroatoms. The van der Waals surface area contributed by atoms with E-state index >= 15 is 0 Å². The number of fused-ring (bicyclic) bond motifs is 1. The molecule has 0 fully saturated rings. The van der Waals surface area contributed by atoms with Crippen LogP contribution in [0.3, 0.4) is 0 Å². The van der Waals surface area contributed by atoms with Crippen LogP contribution in [0.4, 0.5) is 11.6 Å². The second-order valence-electron chi connectivity index (χ2n) is 9.34. The summed E-state index contributed by atoms with van der Waals surface area (Å²) < 4.78 is 11.2. The fourth-order valence-electron chi connectivity index (χ4n) is 3.61. The van der Waals surface area contributed by atoms with E-state index in [9.17, 15) is 4.79 Å². The Bertz CT molecular complexity index is 1330. The van der Waals surface area contributed by atoms with E-state index in [1.807, 2.05) is 36.4 Å². The quantitative estimate of drug-likeness (QED) is 0.367. The number of anilines is 2. The lowest BCUT2D eigenvalue weighted by atomic mass is 9.96. The van der Waals surface area contributed by atoms with Crippen molar-refractivity contribution >= 4 is 28.4 Å². The molecule has 4 rings (SSSR count). The lowest BCUT2D eigenvalue weighted by Crippen LogP contribution is -2.26. The first-order chi connectivity index (χ1) is 16.7. The molecule has 0 aliphatic heterocycles. The van der Waals surface area contributed by atoms with Gasteiger partial charge in [-0.1, -0.05) is 13.8 Å². The van der Waals surface area contributed by atoms with E-state index in [1.165, 1.54) is 4.90 Å². The zero-order chi connectivity index (χ0) is 25.0. The van der Waals surface area contributed by atoms with Crippen molar-refractivity contribution in [1.29, 1.82) is 0 Å². The molecular formula is C26H30N6O3. The van der Waals surface area contributed by atoms with Gasteiger partial charge in [-0.25, -0.2) is 9.97 Å². The standard InChI is InChI=1S/C26H30N6O3/c1-26(2,15-34-5)16-35-19-8-10-27-22(14-19)21-9-11-28-25(31-21)29-18-6-7-20-17(12-18)13-23(30-20)24(33)32(3)4/h6-14,30H,15-16H2,1-5H3,(H,28,29,31). The molecule has 1 aromatic carbocycles. The van der Waals surface area contributed by atoms with Gasteiger partial charge in [-0.15, -0.1) is 0 Å². The highest BCUT2D eigenvalue weighted by Crippen LogP contribution is 2.25. The van der Waals surface area contributed by atoms with Crippen molar-refractivity contribution in [1.82, 2.24) is 24.8 Å². The Hall–Kier alpha value is -3.98. The molecule has 0 atom stereocenters. The number of aromatic nitrogens is 4. The molecule has 0 unspecified atom stereocenters. The summed E-state index contributed by atoms with van der Waals surface area (Å²) in [7, 11) is 5.14. The number of H-pyrrole nitrogens is 1. The van der Waals surface area contributed by atoms with Crippen LogP contribution in [0.5, 0.6) is 5.75 Å². The van der Waals surface area contributed by atoms with Gasteiger partial charge in [0.05, 0.1) is 24.6 Å². The van der Waals surface area contributed by atoms with Crippen LogP contribution in [-0.4, -0.2) is 65.2 Å². The molecule has 0 aliphatic rings. The summed E-state index contributed by atoms with van der Waals surface area (Å²) >= 11 is 0. The normalized spacial score (nSPS) is 11.5. The number of carbonyl (C=O) groups is 1. The van der Waals surface area contributed by atoms with Gasteiger partial charge in [-0.2, -0.15) is 0 Å². The molecule has 182 valence electrons. The largest absolute Gasteiger partial charge is 0.493 e. The number of nitrogens with one attached hydrogen (secondary N) is 2. The number of aromatic amines is 1. The molecule has 2 N–H and O–H groups in total. The summed E-state index contributed by atoms with van der Waals surface area (Å²) in [5.74, 6) is 1.08. The number of amides is 1. The molecule has 3 aromatic heterocycles. The van der Waals surface area contributed by atoms with E-state index in [2.05, 4.69) is 39.1 Å². The predicted octanol–water partition coefficient (Wildman–Crippen LogP) is 4.52. The number of benzene rings is 1. The average Bonchev–Trinajstić information content (AvgIpc) is 3.26. The van der Waals surface area contributed by atoms with Crippen LogP contribution < -0.4 is 10.1 Å². The first kappa shape index (κ1) is 24.2. The van der Waals surface area contributed by atoms with Crippen molar-refractivity contribution in [3.8, 4) is 17.1 Å². The topological polar surface area (TPSA) is 105 Å². The van der Waals surface area contributed by atoms with Gasteiger partial charge in [0.1, 0.15) is 11.4 Å². The molecular weight excluding hydrogens is 444 g/mol. The van der Waals surface area contributed by atoms with Crippen molar-refractivity contribution in [2.75, 3.05) is 39.7 Å². The first-order valence-electron chi connectivity index (χ1n) is 11.3. The fraction of sp³-hybridized carbons (Fsp3) is 0.308. The van der Waals surface area contributed by atoms with Crippen molar-refractivity contribution in [2.45, 2.75) is 13.8 Å². The Morgan fingerprint density at radius 2 is 1.83 bits per heavy atom. The third-order valence-electron chi connectivity index (χ3n) is 5.33. The molecule has 35 heavy (non-hydrogen) atoms. The molecule has 0 saturated heterocycles. The highest BCUT2D eigenvalue weighted by atomic mass is 16.5. The zero-order valence-electron chi connectivity index (χ0n) is 20.6. The van der Waals surface area contributed by atoms with Gasteiger partial charge in [0.25, 0.3) is 5.91 Å². The maximum absolute atomic E-state index is 12.2. The number of ether oxygens (including phenoxy) is 2. The molecule has 9 nitrogen and oxygen atoms in total. The van der Waals surface area contributed by atoms with Gasteiger partial charge in [0.15, 0.2) is 0 Å². The van der Waals surface area contributed by atoms with E-state index in [1.54, 1.807) is 39.7 Å². The average molecular weight is 475 g/mol. The second-order valence-corrected chi connectivity index (χ2v) is 9.34. The molecule has 0 saturated carbocycles. The van der Waals surface area contributed by atoms with Gasteiger partial charge in [-0.05, 0) is 36.4 Å². The van der Waals surface area contributed by atoms with Crippen LogP contribution in [0, 0.1) is 5.41 Å². The monoisotopic (exact) mass is 474 g/mol. The van der Waals surface area contributed by atoms with Crippen LogP contribution in [-0.2, 0) is 4.74 Å². The number of hydrogen-bond acceptors (Lipinski definition) is 7. The lowest BCUT2D eigenvalue weighted by Gasteiger charge is -2.23. The van der Waals surface area contributed by atoms with Gasteiger partial charge >= 0.3 is 0 Å². The third kappa shape index (κ3) is 5.93. The SMILES string of the molecule is COCC(C)(C)COc1ccnc(-c2ccnc(Nc3ccc4[nH]c(C(=O)N(C)C)cc4c3)n2)c1. The Balaban J connectivity index is 1.50. The Morgan fingerprint density at radius 3 is 2.60 bits per heavy atom. The number of nitrogens with zero attached hydrogens (tertiary/aromatic N) is 4. The van der Waals surface area contributed by atoms with Crippen LogP contribution in [0.2, 0.25) is 0 Å². The molecule has 0 aliphatic carbocycles. The molecule has 3 heterocycles. The van der Waals surface area contributed by atoms with Gasteiger partial charge in [-0.3, -0.25) is 9.78 Å². The Labute approximate surface area is 204 Å². The van der Waals surface area contributed by atoms with E-state index in [0.29, 0.717) is 42.0 Å². The second kappa shape index (κ2) is 10.1. The van der Waals surface area contributed by atoms with Crippen molar-refractivity contribution in [2.24, 2.45) is 5.41 Å². The highest BCUT2D eigenvalue weighted by molar-refractivity contribution is 5.98. The van der Waals surface area contributed by atoms with Crippen LogP contribution in [0.25, 0.3) is 22.3 Å². The minimum Gasteiger partial charge on any atom is -0.493 e. The van der Waals surface area contributed by atoms with E-state index < -0.39 is 0 Å². The number of rotatable bonds is 9. The third-order valence-corrected chi connectivity index (χ3v) is 5.33. The highest BCUT2D eigenvalue weighted by Gasteiger charge is 2.19. The minimum absolute atomic E-state index is 0.0762. The summed E-state index contributed by atoms with van der Waals surface area (Å²) in [6, 6.07) is 13.1. The predicted molar refractivity (Wildman–Crippen MR) is 136 cm³/mol. The minimum atomic E-state index is -0.106. The van der Waals surface area contributed by atoms with Crippen molar-refractivity contribution in [3.63, 3.8) is 0 Å². The zero-order valence-corrected chi connectivity index (χ0v) is 20.6. The fourth-order valence-corrected chi connectivity index (χ4v) is 3.61. The summed E-state index contributed by atoms with van der Waals surface area (Å²) in [6.45, 7) is 5.30. The summed E-state index contributed by atoms with van der Waals surface area (Å²) in [5, 5.41) is 4.15. The van der Waals surface area contributed by atoms with E-state index in [-0.39, 0.29) is 11.3 Å². The molecule has 0 spiro atoms. The maximum atomic E-state index is 12.2. The molecule has 1 amide bonds. The molecule has 4 aromatic rings. The van der Waals surface area contributed by atoms with Crippen LogP contribution >= 0.6 is 0 Å². The van der Waals surface area contributed by atoms with E-state index in [0.717, 1.165) is 16.6 Å². The number of carbonyl (C=O) groups excluding carboxylic acids is 1. The number of hydrogen-bond donors (Lipinski definition) is 2. The number of pyridine rings is 1. The van der Waals surface area contributed by atoms with Crippen LogP contribution in [0.1, 0.15) is 24.3 Å². The van der Waals surface area contributed by atoms with Crippen LogP contribution in [0.15, 0.2) is 54.9 Å². The van der Waals surface area contributed by atoms with Gasteiger partial charge in [0, 0.05) is 61.7 Å². The summed E-state index contributed by atoms with van der Waals surface area (Å²) in [6.07, 6.45) is 3.39. The van der Waals surface area contributed by atoms with Gasteiger partial charge < -0.3 is 24.7 Å². The summed E-state index contributed by atoms with van der Waals surface area (Å²) in [4.78, 5) is 30.4. The van der Waals surface area contributed by atoms with Crippen molar-refractivity contribution < 1.29 is 14.3 Å². The first-order valence-corrected chi connectivity index (χ1v) is 11.3. The summed E-state index contributed by atoms with van der Waals surface area (Å²) in [5.41, 5.74) is 3.48. The van der Waals surface area contributed by atoms with Gasteiger partial charge in [0.2, 0.25) is 5.95 Å². The molecule has 0 radical (unpaired) electrons. The maximum Gasteiger partial charge on any atom is 0.269 e. The lowest BCUT2D eigenvalue weighted by molar-refractivity contribution is 0.0644.